The first-order chi connectivity index (χ1) is 16.6. The first kappa shape index (κ1) is 21.2. The van der Waals surface area contributed by atoms with E-state index in [9.17, 15) is 14.4 Å². The van der Waals surface area contributed by atoms with Crippen LogP contribution in [0.4, 0.5) is 16.2 Å². The quantitative estimate of drug-likeness (QED) is 0.531. The van der Waals surface area contributed by atoms with Crippen LogP contribution < -0.4 is 21.1 Å². The van der Waals surface area contributed by atoms with E-state index < -0.39 is 0 Å². The number of hydrogen-bond donors (Lipinski definition) is 2. The third kappa shape index (κ3) is 3.74. The summed E-state index contributed by atoms with van der Waals surface area (Å²) in [5.74, 6) is 0.616. The number of carbonyl (C=O) groups is 2. The van der Waals surface area contributed by atoms with Crippen LogP contribution in [0.3, 0.4) is 0 Å². The van der Waals surface area contributed by atoms with E-state index in [0.29, 0.717) is 31.8 Å². The second kappa shape index (κ2) is 8.48. The highest BCUT2D eigenvalue weighted by Crippen LogP contribution is 2.36. The van der Waals surface area contributed by atoms with E-state index in [1.54, 1.807) is 11.0 Å². The summed E-state index contributed by atoms with van der Waals surface area (Å²) in [7, 11) is 0. The van der Waals surface area contributed by atoms with Crippen LogP contribution in [0.5, 0.6) is 0 Å². The number of aromatic nitrogens is 1. The van der Waals surface area contributed by atoms with Crippen LogP contribution in [0.2, 0.25) is 0 Å². The zero-order valence-corrected chi connectivity index (χ0v) is 19.3. The Kier molecular flexibility index (Phi) is 5.30. The van der Waals surface area contributed by atoms with E-state index in [0.717, 1.165) is 33.7 Å². The van der Waals surface area contributed by atoms with Gasteiger partial charge in [0, 0.05) is 35.7 Å². The molecule has 1 fully saturated rings. The first-order valence-corrected chi connectivity index (χ1v) is 12.4. The second-order valence-corrected chi connectivity index (χ2v) is 9.91. The fourth-order valence-electron chi connectivity index (χ4n) is 5.05. The van der Waals surface area contributed by atoms with Crippen LogP contribution >= 0.6 is 11.8 Å². The summed E-state index contributed by atoms with van der Waals surface area (Å²) >= 11 is 1.49. The van der Waals surface area contributed by atoms with Crippen LogP contribution in [-0.4, -0.2) is 48.1 Å². The second-order valence-electron chi connectivity index (χ2n) is 8.89. The van der Waals surface area contributed by atoms with E-state index in [4.69, 9.17) is 4.74 Å². The third-order valence-corrected chi connectivity index (χ3v) is 7.77. The smallest absolute Gasteiger partial charge is 0.414 e. The van der Waals surface area contributed by atoms with Gasteiger partial charge in [-0.2, -0.15) is 0 Å². The summed E-state index contributed by atoms with van der Waals surface area (Å²) in [6, 6.07) is 15.4. The minimum absolute atomic E-state index is 0.0333. The van der Waals surface area contributed by atoms with E-state index in [-0.39, 0.29) is 29.6 Å². The summed E-state index contributed by atoms with van der Waals surface area (Å²) in [6.07, 6.45) is 0.132. The number of thioether (sulfide) groups is 1. The summed E-state index contributed by atoms with van der Waals surface area (Å²) in [6.45, 7) is 2.62. The van der Waals surface area contributed by atoms with Crippen molar-refractivity contribution in [1.29, 1.82) is 0 Å². The molecule has 3 aliphatic rings. The molecule has 8 nitrogen and oxygen atoms in total. The van der Waals surface area contributed by atoms with Gasteiger partial charge in [-0.25, -0.2) is 4.79 Å². The lowest BCUT2D eigenvalue weighted by atomic mass is 10.00. The van der Waals surface area contributed by atoms with Crippen molar-refractivity contribution >= 4 is 46.0 Å². The van der Waals surface area contributed by atoms with Gasteiger partial charge in [-0.05, 0) is 48.2 Å². The monoisotopic (exact) mass is 476 g/mol. The first-order valence-electron chi connectivity index (χ1n) is 11.4. The summed E-state index contributed by atoms with van der Waals surface area (Å²) in [5.41, 5.74) is 3.76. The topological polar surface area (TPSA) is 92.7 Å². The Labute approximate surface area is 200 Å². The maximum Gasteiger partial charge on any atom is 0.414 e. The number of rotatable bonds is 6. The molecule has 3 aromatic rings. The highest BCUT2D eigenvalue weighted by Gasteiger charge is 2.33. The van der Waals surface area contributed by atoms with Crippen molar-refractivity contribution in [2.75, 3.05) is 35.6 Å². The molecule has 0 saturated carbocycles. The molecule has 1 aromatic heterocycles. The molecule has 2 N–H and O–H groups in total. The minimum atomic E-state index is -0.364. The maximum atomic E-state index is 12.5. The molecule has 174 valence electrons. The molecule has 0 radical (unpaired) electrons. The number of ether oxygens (including phenoxy) is 1. The van der Waals surface area contributed by atoms with Gasteiger partial charge in [0.2, 0.25) is 5.91 Å². The SMILES string of the molecule is O=C1CSc2ccc(N3C[C@H](CCNCC4Cn5c(=O)ccc6cccc4c65)OC3=O)cc2N1. The average Bonchev–Trinajstić information content (AvgIpc) is 3.40. The van der Waals surface area contributed by atoms with Gasteiger partial charge in [-0.15, -0.1) is 11.8 Å². The Morgan fingerprint density at radius 2 is 2.00 bits per heavy atom. The molecule has 2 atom stereocenters. The number of anilines is 2. The van der Waals surface area contributed by atoms with E-state index in [2.05, 4.69) is 16.7 Å². The Bertz CT molecular complexity index is 1370. The van der Waals surface area contributed by atoms with Gasteiger partial charge in [0.1, 0.15) is 6.10 Å². The molecule has 4 heterocycles. The summed E-state index contributed by atoms with van der Waals surface area (Å²) in [4.78, 5) is 39.1. The Morgan fingerprint density at radius 1 is 1.09 bits per heavy atom. The molecule has 1 unspecified atom stereocenters. The van der Waals surface area contributed by atoms with Gasteiger partial charge < -0.3 is 19.9 Å². The van der Waals surface area contributed by atoms with Crippen molar-refractivity contribution in [1.82, 2.24) is 9.88 Å². The predicted octanol–water partition coefficient (Wildman–Crippen LogP) is 3.15. The number of fused-ring (bicyclic) bond motifs is 1. The van der Waals surface area contributed by atoms with Gasteiger partial charge in [0.15, 0.2) is 0 Å². The fourth-order valence-corrected chi connectivity index (χ4v) is 5.84. The van der Waals surface area contributed by atoms with E-state index >= 15 is 0 Å². The summed E-state index contributed by atoms with van der Waals surface area (Å²) in [5, 5.41) is 7.45. The van der Waals surface area contributed by atoms with Crippen LogP contribution in [0.25, 0.3) is 10.9 Å². The predicted molar refractivity (Wildman–Crippen MR) is 132 cm³/mol. The number of nitrogens with one attached hydrogen (secondary N) is 2. The van der Waals surface area contributed by atoms with Crippen LogP contribution in [0, 0.1) is 0 Å². The molecule has 0 spiro atoms. The zero-order chi connectivity index (χ0) is 23.2. The van der Waals surface area contributed by atoms with Gasteiger partial charge in [0.25, 0.3) is 5.56 Å². The Morgan fingerprint density at radius 3 is 2.91 bits per heavy atom. The Hall–Kier alpha value is -3.30. The lowest BCUT2D eigenvalue weighted by molar-refractivity contribution is -0.113. The van der Waals surface area contributed by atoms with Crippen molar-refractivity contribution < 1.29 is 14.3 Å². The van der Waals surface area contributed by atoms with Gasteiger partial charge >= 0.3 is 6.09 Å². The van der Waals surface area contributed by atoms with Crippen molar-refractivity contribution in [3.05, 3.63) is 64.4 Å². The molecule has 0 aliphatic carbocycles. The normalized spacial score (nSPS) is 21.0. The molecule has 1 saturated heterocycles. The molecule has 6 rings (SSSR count). The molecular formula is C25H24N4O4S. The maximum absolute atomic E-state index is 12.5. The minimum Gasteiger partial charge on any atom is -0.444 e. The lowest BCUT2D eigenvalue weighted by Gasteiger charge is -2.20. The van der Waals surface area contributed by atoms with Crippen LogP contribution in [0.1, 0.15) is 17.9 Å². The standard InChI is InChI=1S/C25H24N4O4S/c30-22-14-34-21-6-5-17(10-20(21)27-22)28-13-18(33-25(28)32)8-9-26-11-16-12-29-23(31)7-4-15-2-1-3-19(16)24(15)29/h1-7,10,16,18,26H,8-9,11-14H2,(H,27,30)/t16?,18-/m0/s1. The number of hydrogen-bond acceptors (Lipinski definition) is 6. The molecule has 2 amide bonds. The van der Waals surface area contributed by atoms with E-state index in [1.165, 1.54) is 17.3 Å². The highest BCUT2D eigenvalue weighted by molar-refractivity contribution is 8.00. The highest BCUT2D eigenvalue weighted by atomic mass is 32.2. The number of para-hydroxylation sites is 1. The number of cyclic esters (lactones) is 1. The van der Waals surface area contributed by atoms with Crippen LogP contribution in [-0.2, 0) is 16.1 Å². The zero-order valence-electron chi connectivity index (χ0n) is 18.5. The average molecular weight is 477 g/mol. The Balaban J connectivity index is 1.05. The molecular weight excluding hydrogens is 452 g/mol. The molecule has 3 aliphatic heterocycles. The third-order valence-electron chi connectivity index (χ3n) is 6.70. The van der Waals surface area contributed by atoms with Gasteiger partial charge in [-0.3, -0.25) is 14.5 Å². The lowest BCUT2D eigenvalue weighted by Crippen LogP contribution is -2.28. The fraction of sp³-hybridized carbons (Fsp3) is 0.320. The van der Waals surface area contributed by atoms with Crippen molar-refractivity contribution in [3.63, 3.8) is 0 Å². The van der Waals surface area contributed by atoms with Crippen molar-refractivity contribution in [2.24, 2.45) is 0 Å². The van der Waals surface area contributed by atoms with Crippen molar-refractivity contribution in [3.8, 4) is 0 Å². The number of pyridine rings is 1. The van der Waals surface area contributed by atoms with Gasteiger partial charge in [-0.1, -0.05) is 18.2 Å². The van der Waals surface area contributed by atoms with E-state index in [1.807, 2.05) is 41.0 Å². The number of benzene rings is 2. The number of carbonyl (C=O) groups excluding carboxylic acids is 2. The van der Waals surface area contributed by atoms with Crippen LogP contribution in [0.15, 0.2) is 58.2 Å². The summed E-state index contributed by atoms with van der Waals surface area (Å²) < 4.78 is 7.46. The van der Waals surface area contributed by atoms with Crippen molar-refractivity contribution in [2.45, 2.75) is 29.9 Å². The number of nitrogens with zero attached hydrogens (tertiary/aromatic N) is 2. The number of amides is 2. The molecule has 0 bridgehead atoms. The molecule has 34 heavy (non-hydrogen) atoms. The molecule has 9 heteroatoms. The van der Waals surface area contributed by atoms with Gasteiger partial charge in [0.05, 0.1) is 23.5 Å². The largest absolute Gasteiger partial charge is 0.444 e. The molecule has 2 aromatic carbocycles.